The first-order valence-electron chi connectivity index (χ1n) is 4.66. The molecule has 0 atom stereocenters. The number of rotatable bonds is 5. The van der Waals surface area contributed by atoms with E-state index in [4.69, 9.17) is 11.6 Å². The fourth-order valence-electron chi connectivity index (χ4n) is 0.907. The molecule has 0 heterocycles. The number of amides is 1. The molecule has 0 spiro atoms. The van der Waals surface area contributed by atoms with Crippen molar-refractivity contribution in [2.75, 3.05) is 13.1 Å². The Balaban J connectivity index is 3.50. The van der Waals surface area contributed by atoms with Gasteiger partial charge >= 0.3 is 0 Å². The maximum absolute atomic E-state index is 11.3. The zero-order valence-corrected chi connectivity index (χ0v) is 9.87. The molecule has 0 aliphatic heterocycles. The third-order valence-electron chi connectivity index (χ3n) is 1.36. The highest BCUT2D eigenvalue weighted by Gasteiger charge is 2.12. The molecule has 0 aliphatic rings. The van der Waals surface area contributed by atoms with Crippen LogP contribution in [-0.4, -0.2) is 24.5 Å². The van der Waals surface area contributed by atoms with Crippen LogP contribution in [0.5, 0.6) is 0 Å². The van der Waals surface area contributed by atoms with Crippen LogP contribution in [0.2, 0.25) is 0 Å². The molecule has 0 saturated carbocycles. The summed E-state index contributed by atoms with van der Waals surface area (Å²) in [5, 5.41) is 6.44. The lowest BCUT2D eigenvalue weighted by molar-refractivity contribution is -0.122. The predicted molar refractivity (Wildman–Crippen MR) is 60.4 cm³/mol. The number of nitrogens with one attached hydrogen (secondary N) is 2. The second-order valence-electron chi connectivity index (χ2n) is 4.24. The molecule has 4 heteroatoms. The molecule has 82 valence electrons. The molecule has 0 unspecified atom stereocenters. The van der Waals surface area contributed by atoms with Crippen LogP contribution in [0.15, 0.2) is 11.6 Å². The van der Waals surface area contributed by atoms with Gasteiger partial charge in [0.25, 0.3) is 0 Å². The van der Waals surface area contributed by atoms with Crippen molar-refractivity contribution in [1.82, 2.24) is 10.6 Å². The lowest BCUT2D eigenvalue weighted by Crippen LogP contribution is -2.41. The molecular weight excluding hydrogens is 200 g/mol. The Kier molecular flexibility index (Phi) is 5.81. The topological polar surface area (TPSA) is 41.1 Å². The summed E-state index contributed by atoms with van der Waals surface area (Å²) in [6, 6.07) is 0. The molecule has 0 aliphatic carbocycles. The molecule has 0 fully saturated rings. The van der Waals surface area contributed by atoms with Crippen molar-refractivity contribution in [2.45, 2.75) is 32.7 Å². The minimum Gasteiger partial charge on any atom is -0.351 e. The zero-order chi connectivity index (χ0) is 11.2. The summed E-state index contributed by atoms with van der Waals surface area (Å²) in [5.74, 6) is 0.0465. The van der Waals surface area contributed by atoms with Gasteiger partial charge in [0.05, 0.1) is 0 Å². The van der Waals surface area contributed by atoms with E-state index in [0.29, 0.717) is 24.5 Å². The second-order valence-corrected chi connectivity index (χ2v) is 4.78. The first-order valence-corrected chi connectivity index (χ1v) is 5.04. The number of halogens is 1. The maximum atomic E-state index is 11.3. The Morgan fingerprint density at radius 3 is 2.43 bits per heavy atom. The van der Waals surface area contributed by atoms with E-state index in [0.717, 1.165) is 0 Å². The van der Waals surface area contributed by atoms with Gasteiger partial charge in [-0.1, -0.05) is 18.2 Å². The Bertz CT molecular complexity index is 209. The molecule has 0 rings (SSSR count). The molecular formula is C10H19ClN2O. The molecule has 0 aromatic heterocycles. The summed E-state index contributed by atoms with van der Waals surface area (Å²) in [7, 11) is 0. The predicted octanol–water partition coefficient (Wildman–Crippen LogP) is 1.63. The van der Waals surface area contributed by atoms with Crippen LogP contribution in [0.3, 0.4) is 0 Å². The van der Waals surface area contributed by atoms with Gasteiger partial charge in [-0.15, -0.1) is 0 Å². The summed E-state index contributed by atoms with van der Waals surface area (Å²) in [6.07, 6.45) is 0.460. The van der Waals surface area contributed by atoms with Crippen molar-refractivity contribution in [1.29, 1.82) is 0 Å². The van der Waals surface area contributed by atoms with Gasteiger partial charge in [0, 0.05) is 30.1 Å². The average Bonchev–Trinajstić information content (AvgIpc) is 1.94. The van der Waals surface area contributed by atoms with E-state index in [9.17, 15) is 4.79 Å². The molecule has 0 radical (unpaired) electrons. The third kappa shape index (κ3) is 9.55. The Hall–Kier alpha value is -0.540. The van der Waals surface area contributed by atoms with Crippen molar-refractivity contribution in [2.24, 2.45) is 0 Å². The molecule has 0 saturated heterocycles. The van der Waals surface area contributed by atoms with E-state index >= 15 is 0 Å². The van der Waals surface area contributed by atoms with Gasteiger partial charge in [-0.05, 0) is 20.8 Å². The number of carbonyl (C=O) groups excluding carboxylic acids is 1. The lowest BCUT2D eigenvalue weighted by atomic mass is 10.1. The first kappa shape index (κ1) is 13.5. The van der Waals surface area contributed by atoms with E-state index in [2.05, 4.69) is 17.2 Å². The van der Waals surface area contributed by atoms with Gasteiger partial charge in [-0.2, -0.15) is 0 Å². The SMILES string of the molecule is C=C(Cl)CNCCC(=O)NC(C)(C)C. The molecule has 14 heavy (non-hydrogen) atoms. The van der Waals surface area contributed by atoms with Crippen molar-refractivity contribution in [3.63, 3.8) is 0 Å². The van der Waals surface area contributed by atoms with Crippen LogP contribution in [0.25, 0.3) is 0 Å². The zero-order valence-electron chi connectivity index (χ0n) is 9.11. The Morgan fingerprint density at radius 1 is 1.43 bits per heavy atom. The number of hydrogen-bond acceptors (Lipinski definition) is 2. The highest BCUT2D eigenvalue weighted by Crippen LogP contribution is 1.98. The number of carbonyl (C=O) groups is 1. The Labute approximate surface area is 90.9 Å². The van der Waals surface area contributed by atoms with Gasteiger partial charge in [0.2, 0.25) is 5.91 Å². The molecule has 0 aromatic carbocycles. The quantitative estimate of drug-likeness (QED) is 0.689. The van der Waals surface area contributed by atoms with Crippen LogP contribution in [0.4, 0.5) is 0 Å². The summed E-state index contributed by atoms with van der Waals surface area (Å²) in [4.78, 5) is 11.3. The highest BCUT2D eigenvalue weighted by atomic mass is 35.5. The molecule has 2 N–H and O–H groups in total. The molecule has 3 nitrogen and oxygen atoms in total. The van der Waals surface area contributed by atoms with Crippen LogP contribution < -0.4 is 10.6 Å². The maximum Gasteiger partial charge on any atom is 0.221 e. The lowest BCUT2D eigenvalue weighted by Gasteiger charge is -2.20. The third-order valence-corrected chi connectivity index (χ3v) is 1.49. The normalized spacial score (nSPS) is 11.1. The molecule has 1 amide bonds. The molecule has 0 aromatic rings. The minimum absolute atomic E-state index is 0.0465. The standard InChI is InChI=1S/C10H19ClN2O/c1-8(11)7-12-6-5-9(14)13-10(2,3)4/h12H,1,5-7H2,2-4H3,(H,13,14). The highest BCUT2D eigenvalue weighted by molar-refractivity contribution is 6.29. The first-order chi connectivity index (χ1) is 6.31. The van der Waals surface area contributed by atoms with Crippen LogP contribution in [0, 0.1) is 0 Å². The Morgan fingerprint density at radius 2 is 2.00 bits per heavy atom. The van der Waals surface area contributed by atoms with Crippen molar-refractivity contribution in [3.05, 3.63) is 11.6 Å². The van der Waals surface area contributed by atoms with Gasteiger partial charge in [0.1, 0.15) is 0 Å². The fourth-order valence-corrected chi connectivity index (χ4v) is 1.00. The fraction of sp³-hybridized carbons (Fsp3) is 0.700. The van der Waals surface area contributed by atoms with Gasteiger partial charge in [-0.25, -0.2) is 0 Å². The summed E-state index contributed by atoms with van der Waals surface area (Å²) >= 11 is 5.54. The number of hydrogen-bond donors (Lipinski definition) is 2. The van der Waals surface area contributed by atoms with Gasteiger partial charge < -0.3 is 10.6 Å². The van der Waals surface area contributed by atoms with Gasteiger partial charge in [0.15, 0.2) is 0 Å². The average molecular weight is 219 g/mol. The van der Waals surface area contributed by atoms with E-state index < -0.39 is 0 Å². The van der Waals surface area contributed by atoms with Crippen molar-refractivity contribution in [3.8, 4) is 0 Å². The van der Waals surface area contributed by atoms with Crippen LogP contribution >= 0.6 is 11.6 Å². The summed E-state index contributed by atoms with van der Waals surface area (Å²) in [5.41, 5.74) is -0.160. The monoisotopic (exact) mass is 218 g/mol. The van der Waals surface area contributed by atoms with E-state index in [-0.39, 0.29) is 11.4 Å². The largest absolute Gasteiger partial charge is 0.351 e. The summed E-state index contributed by atoms with van der Waals surface area (Å²) < 4.78 is 0. The van der Waals surface area contributed by atoms with E-state index in [1.165, 1.54) is 0 Å². The molecule has 0 bridgehead atoms. The van der Waals surface area contributed by atoms with Crippen molar-refractivity contribution < 1.29 is 4.79 Å². The van der Waals surface area contributed by atoms with E-state index in [1.54, 1.807) is 0 Å². The van der Waals surface area contributed by atoms with Crippen LogP contribution in [0.1, 0.15) is 27.2 Å². The van der Waals surface area contributed by atoms with E-state index in [1.807, 2.05) is 20.8 Å². The summed E-state index contributed by atoms with van der Waals surface area (Å²) in [6.45, 7) is 10.6. The van der Waals surface area contributed by atoms with Gasteiger partial charge in [-0.3, -0.25) is 4.79 Å². The smallest absolute Gasteiger partial charge is 0.221 e. The second kappa shape index (κ2) is 6.04. The van der Waals surface area contributed by atoms with Crippen LogP contribution in [-0.2, 0) is 4.79 Å². The van der Waals surface area contributed by atoms with Crippen molar-refractivity contribution >= 4 is 17.5 Å². The minimum atomic E-state index is -0.160.